The number of ether oxygens (including phenoxy) is 2. The summed E-state index contributed by atoms with van der Waals surface area (Å²) in [5, 5.41) is 50.0. The highest BCUT2D eigenvalue weighted by molar-refractivity contribution is 7.47. The number of carbonyl (C=O) groups excluding carboxylic acids is 2. The first kappa shape index (κ1) is 51.3. The number of phosphoric ester groups is 1. The quantitative estimate of drug-likeness (QED) is 0.0164. The number of hydrogen-bond donors (Lipinski definition) is 6. The van der Waals surface area contributed by atoms with E-state index in [0.29, 0.717) is 12.8 Å². The summed E-state index contributed by atoms with van der Waals surface area (Å²) in [5.74, 6) is -1.11. The van der Waals surface area contributed by atoms with Gasteiger partial charge in [-0.1, -0.05) is 128 Å². The molecule has 8 atom stereocenters. The molecule has 0 spiro atoms. The predicted octanol–water partition coefficient (Wildman–Crippen LogP) is 7.28. The SMILES string of the molecule is CCCC/C=C/CCCCCCCCCCCC(=O)O[C@H](COC(=O)CCCCCCC/C=C/CCCC)COP(=O)(O)OC1C(O)C(O)C(O)[C@@H](O)C1O. The van der Waals surface area contributed by atoms with Crippen LogP contribution in [0.4, 0.5) is 0 Å². The monoisotopic (exact) mass is 806 g/mol. The molecule has 0 aromatic carbocycles. The summed E-state index contributed by atoms with van der Waals surface area (Å²) in [5.41, 5.74) is 0. The van der Waals surface area contributed by atoms with Crippen molar-refractivity contribution < 1.29 is 63.1 Å². The van der Waals surface area contributed by atoms with E-state index in [4.69, 9.17) is 18.5 Å². The fraction of sp³-hybridized carbons (Fsp3) is 0.854. The van der Waals surface area contributed by atoms with Gasteiger partial charge in [-0.2, -0.15) is 0 Å². The molecule has 322 valence electrons. The molecule has 14 heteroatoms. The third kappa shape index (κ3) is 25.3. The smallest absolute Gasteiger partial charge is 0.462 e. The maximum absolute atomic E-state index is 12.8. The third-order valence-electron chi connectivity index (χ3n) is 9.77. The molecule has 0 aromatic rings. The van der Waals surface area contributed by atoms with Gasteiger partial charge in [-0.25, -0.2) is 4.57 Å². The van der Waals surface area contributed by atoms with Crippen molar-refractivity contribution in [3.05, 3.63) is 24.3 Å². The molecule has 6 unspecified atom stereocenters. The summed E-state index contributed by atoms with van der Waals surface area (Å²) in [7, 11) is -5.11. The fourth-order valence-corrected chi connectivity index (χ4v) is 7.22. The lowest BCUT2D eigenvalue weighted by Gasteiger charge is -2.41. The minimum absolute atomic E-state index is 0.0938. The second-order valence-corrected chi connectivity index (χ2v) is 16.2. The Balaban J connectivity index is 2.50. The van der Waals surface area contributed by atoms with Crippen LogP contribution in [0.5, 0.6) is 0 Å². The van der Waals surface area contributed by atoms with Crippen LogP contribution in [0.1, 0.15) is 168 Å². The molecule has 0 radical (unpaired) electrons. The Morgan fingerprint density at radius 3 is 1.38 bits per heavy atom. The van der Waals surface area contributed by atoms with Crippen LogP contribution in [0.15, 0.2) is 24.3 Å². The Morgan fingerprint density at radius 2 is 0.927 bits per heavy atom. The summed E-state index contributed by atoms with van der Waals surface area (Å²) < 4.78 is 33.4. The van der Waals surface area contributed by atoms with Crippen molar-refractivity contribution in [2.24, 2.45) is 0 Å². The first-order chi connectivity index (χ1) is 26.4. The highest BCUT2D eigenvalue weighted by Crippen LogP contribution is 2.47. The zero-order chi connectivity index (χ0) is 40.7. The van der Waals surface area contributed by atoms with Crippen molar-refractivity contribution >= 4 is 19.8 Å². The van der Waals surface area contributed by atoms with Gasteiger partial charge in [0.05, 0.1) is 6.61 Å². The average molecular weight is 807 g/mol. The van der Waals surface area contributed by atoms with Crippen LogP contribution in [-0.2, 0) is 32.7 Å². The molecule has 1 fully saturated rings. The number of phosphoric acid groups is 1. The maximum Gasteiger partial charge on any atom is 0.472 e. The Labute approximate surface area is 330 Å². The molecule has 13 nitrogen and oxygen atoms in total. The fourth-order valence-electron chi connectivity index (χ4n) is 6.25. The second-order valence-electron chi connectivity index (χ2n) is 14.8. The average Bonchev–Trinajstić information content (AvgIpc) is 3.16. The lowest BCUT2D eigenvalue weighted by Crippen LogP contribution is -2.64. The van der Waals surface area contributed by atoms with Gasteiger partial charge in [0, 0.05) is 12.8 Å². The molecular weight excluding hydrogens is 731 g/mol. The van der Waals surface area contributed by atoms with Crippen LogP contribution in [0, 0.1) is 0 Å². The van der Waals surface area contributed by atoms with E-state index in [1.807, 2.05) is 0 Å². The van der Waals surface area contributed by atoms with Gasteiger partial charge < -0.3 is 39.9 Å². The van der Waals surface area contributed by atoms with Crippen molar-refractivity contribution in [3.63, 3.8) is 0 Å². The number of allylic oxidation sites excluding steroid dienone is 4. The molecule has 1 rings (SSSR count). The number of rotatable bonds is 34. The third-order valence-corrected chi connectivity index (χ3v) is 10.8. The molecule has 1 aliphatic carbocycles. The number of aliphatic hydroxyl groups excluding tert-OH is 5. The van der Waals surface area contributed by atoms with E-state index >= 15 is 0 Å². The zero-order valence-electron chi connectivity index (χ0n) is 33.7. The van der Waals surface area contributed by atoms with Gasteiger partial charge in [0.2, 0.25) is 0 Å². The highest BCUT2D eigenvalue weighted by Gasteiger charge is 2.51. The van der Waals surface area contributed by atoms with Crippen LogP contribution < -0.4 is 0 Å². The zero-order valence-corrected chi connectivity index (χ0v) is 34.6. The van der Waals surface area contributed by atoms with Gasteiger partial charge in [0.25, 0.3) is 0 Å². The molecule has 0 heterocycles. The van der Waals surface area contributed by atoms with E-state index in [0.717, 1.165) is 70.6 Å². The molecule has 55 heavy (non-hydrogen) atoms. The largest absolute Gasteiger partial charge is 0.472 e. The predicted molar refractivity (Wildman–Crippen MR) is 212 cm³/mol. The molecular formula is C41H75O13P. The summed E-state index contributed by atoms with van der Waals surface area (Å²) in [6.07, 6.45) is 19.6. The van der Waals surface area contributed by atoms with Gasteiger partial charge in [0.1, 0.15) is 43.2 Å². The van der Waals surface area contributed by atoms with Crippen molar-refractivity contribution in [3.8, 4) is 0 Å². The normalized spacial score (nSPS) is 23.3. The molecule has 0 bridgehead atoms. The second kappa shape index (κ2) is 32.3. The molecule has 0 saturated heterocycles. The van der Waals surface area contributed by atoms with Crippen LogP contribution in [0.2, 0.25) is 0 Å². The van der Waals surface area contributed by atoms with Gasteiger partial charge in [-0.15, -0.1) is 0 Å². The summed E-state index contributed by atoms with van der Waals surface area (Å²) in [4.78, 5) is 35.5. The van der Waals surface area contributed by atoms with Crippen molar-refractivity contribution in [1.82, 2.24) is 0 Å². The Kier molecular flexibility index (Phi) is 30.2. The first-order valence-electron chi connectivity index (χ1n) is 21.1. The molecule has 0 amide bonds. The van der Waals surface area contributed by atoms with Gasteiger partial charge in [0.15, 0.2) is 6.10 Å². The van der Waals surface area contributed by atoms with Crippen LogP contribution in [0.3, 0.4) is 0 Å². The number of aliphatic hydroxyl groups is 5. The van der Waals surface area contributed by atoms with E-state index in [1.165, 1.54) is 57.8 Å². The highest BCUT2D eigenvalue weighted by atomic mass is 31.2. The van der Waals surface area contributed by atoms with Gasteiger partial charge >= 0.3 is 19.8 Å². The number of unbranched alkanes of at least 4 members (excludes halogenated alkanes) is 18. The Bertz CT molecular complexity index is 1070. The minimum atomic E-state index is -5.11. The topological polar surface area (TPSA) is 210 Å². The van der Waals surface area contributed by atoms with Crippen molar-refractivity contribution in [1.29, 1.82) is 0 Å². The maximum atomic E-state index is 12.8. The van der Waals surface area contributed by atoms with Crippen LogP contribution in [-0.4, -0.2) is 98.3 Å². The Hall–Kier alpha value is -1.67. The summed E-state index contributed by atoms with van der Waals surface area (Å²) in [6, 6.07) is 0. The van der Waals surface area contributed by atoms with E-state index in [1.54, 1.807) is 0 Å². The van der Waals surface area contributed by atoms with E-state index in [2.05, 4.69) is 38.2 Å². The van der Waals surface area contributed by atoms with E-state index in [-0.39, 0.29) is 12.8 Å². The number of hydrogen-bond acceptors (Lipinski definition) is 12. The molecule has 1 aliphatic rings. The van der Waals surface area contributed by atoms with Crippen LogP contribution in [0.25, 0.3) is 0 Å². The van der Waals surface area contributed by atoms with E-state index < -0.39 is 75.7 Å². The van der Waals surface area contributed by atoms with Crippen molar-refractivity contribution in [2.75, 3.05) is 13.2 Å². The minimum Gasteiger partial charge on any atom is -0.462 e. The van der Waals surface area contributed by atoms with Crippen LogP contribution >= 0.6 is 7.82 Å². The summed E-state index contributed by atoms with van der Waals surface area (Å²) in [6.45, 7) is 3.20. The standard InChI is InChI=1S/C41H75O13P/c1-3-5-7-9-11-13-15-16-17-18-20-22-24-26-28-30-35(43)53-33(31-51-34(42)29-27-25-23-21-19-14-12-10-8-6-4-2)32-52-55(49,50)54-41-39(47)37(45)36(44)38(46)40(41)48/h9-12,33,36-41,44-48H,3-8,13-32H2,1-2H3,(H,49,50)/b11-9+,12-10+/t33-,36?,37-,38?,39?,40?,41?/m1/s1. The first-order valence-corrected chi connectivity index (χ1v) is 22.6. The summed E-state index contributed by atoms with van der Waals surface area (Å²) >= 11 is 0. The molecule has 0 aromatic heterocycles. The molecule has 6 N–H and O–H groups in total. The molecule has 0 aliphatic heterocycles. The van der Waals surface area contributed by atoms with Gasteiger partial charge in [-0.05, 0) is 51.4 Å². The lowest BCUT2D eigenvalue weighted by atomic mass is 9.85. The van der Waals surface area contributed by atoms with Gasteiger partial charge in [-0.3, -0.25) is 18.6 Å². The van der Waals surface area contributed by atoms with E-state index in [9.17, 15) is 44.6 Å². The molecule has 1 saturated carbocycles. The lowest BCUT2D eigenvalue weighted by molar-refractivity contribution is -0.220. The van der Waals surface area contributed by atoms with Crippen molar-refractivity contribution in [2.45, 2.75) is 211 Å². The number of esters is 2. The number of carbonyl (C=O) groups is 2. The Morgan fingerprint density at radius 1 is 0.545 bits per heavy atom.